The summed E-state index contributed by atoms with van der Waals surface area (Å²) in [7, 11) is 1.39. The van der Waals surface area contributed by atoms with Crippen LogP contribution in [-0.2, 0) is 23.7 Å². The van der Waals surface area contributed by atoms with E-state index in [9.17, 15) is 14.4 Å². The molecular formula is C30H30O8. The summed E-state index contributed by atoms with van der Waals surface area (Å²) < 4.78 is 28.3. The zero-order valence-electron chi connectivity index (χ0n) is 21.7. The number of rotatable bonds is 8. The Morgan fingerprint density at radius 3 is 1.45 bits per heavy atom. The van der Waals surface area contributed by atoms with Crippen LogP contribution in [0.2, 0.25) is 0 Å². The van der Waals surface area contributed by atoms with E-state index in [1.54, 1.807) is 72.8 Å². The number of esters is 3. The van der Waals surface area contributed by atoms with Gasteiger partial charge in [0.1, 0.15) is 12.7 Å². The van der Waals surface area contributed by atoms with E-state index in [1.807, 2.05) is 20.8 Å². The molecule has 1 unspecified atom stereocenters. The molecule has 1 fully saturated rings. The molecule has 198 valence electrons. The molecule has 0 bridgehead atoms. The van der Waals surface area contributed by atoms with Crippen molar-refractivity contribution in [1.82, 2.24) is 0 Å². The maximum absolute atomic E-state index is 13.0. The van der Waals surface area contributed by atoms with Gasteiger partial charge in [-0.2, -0.15) is 0 Å². The lowest BCUT2D eigenvalue weighted by molar-refractivity contribution is -0.155. The molecule has 0 aromatic heterocycles. The summed E-state index contributed by atoms with van der Waals surface area (Å²) in [6, 6.07) is 20.6. The minimum absolute atomic E-state index is 0.253. The van der Waals surface area contributed by atoms with Crippen molar-refractivity contribution in [2.24, 2.45) is 0 Å². The van der Waals surface area contributed by atoms with Gasteiger partial charge < -0.3 is 23.7 Å². The Balaban J connectivity index is 1.55. The number of hydrogen-bond acceptors (Lipinski definition) is 8. The summed E-state index contributed by atoms with van der Waals surface area (Å²) in [5, 5.41) is 0. The molecule has 0 spiro atoms. The third kappa shape index (κ3) is 6.45. The molecule has 0 radical (unpaired) electrons. The molecule has 1 aliphatic heterocycles. The van der Waals surface area contributed by atoms with E-state index in [1.165, 1.54) is 7.11 Å². The smallest absolute Gasteiger partial charge is 0.338 e. The van der Waals surface area contributed by atoms with Gasteiger partial charge in [-0.1, -0.05) is 53.1 Å². The SMILES string of the molecule is COC1O[C@@H](COC(=O)c2ccc(C)cc2)[C@H](OC(=O)c2ccc(C)cc2)[C@@H]1OC(=O)c1ccc(C)cc1. The fraction of sp³-hybridized carbons (Fsp3) is 0.300. The number of carbonyl (C=O) groups excluding carboxylic acids is 3. The Morgan fingerprint density at radius 1 is 0.632 bits per heavy atom. The summed E-state index contributed by atoms with van der Waals surface area (Å²) in [4.78, 5) is 38.6. The van der Waals surface area contributed by atoms with Crippen molar-refractivity contribution in [2.45, 2.75) is 45.4 Å². The van der Waals surface area contributed by atoms with E-state index in [-0.39, 0.29) is 6.61 Å². The van der Waals surface area contributed by atoms with Gasteiger partial charge >= 0.3 is 17.9 Å². The third-order valence-electron chi connectivity index (χ3n) is 6.23. The topological polar surface area (TPSA) is 97.4 Å². The second kappa shape index (κ2) is 12.0. The van der Waals surface area contributed by atoms with Crippen LogP contribution >= 0.6 is 0 Å². The van der Waals surface area contributed by atoms with Gasteiger partial charge in [-0.15, -0.1) is 0 Å². The van der Waals surface area contributed by atoms with Crippen molar-refractivity contribution >= 4 is 17.9 Å². The van der Waals surface area contributed by atoms with Gasteiger partial charge in [0.15, 0.2) is 18.5 Å². The minimum Gasteiger partial charge on any atom is -0.459 e. The van der Waals surface area contributed by atoms with Gasteiger partial charge in [-0.25, -0.2) is 14.4 Å². The fourth-order valence-electron chi connectivity index (χ4n) is 3.98. The lowest BCUT2D eigenvalue weighted by Gasteiger charge is -2.24. The van der Waals surface area contributed by atoms with Crippen LogP contribution in [0.4, 0.5) is 0 Å². The molecule has 4 atom stereocenters. The number of hydrogen-bond donors (Lipinski definition) is 0. The molecule has 1 heterocycles. The summed E-state index contributed by atoms with van der Waals surface area (Å²) in [5.41, 5.74) is 3.98. The number of ether oxygens (including phenoxy) is 5. The number of methoxy groups -OCH3 is 1. The van der Waals surface area contributed by atoms with Crippen molar-refractivity contribution in [3.63, 3.8) is 0 Å². The first-order chi connectivity index (χ1) is 18.2. The first kappa shape index (κ1) is 27.0. The highest BCUT2D eigenvalue weighted by Gasteiger charge is 2.50. The van der Waals surface area contributed by atoms with Crippen LogP contribution < -0.4 is 0 Å². The van der Waals surface area contributed by atoms with Gasteiger partial charge in [-0.3, -0.25) is 0 Å². The molecule has 8 heteroatoms. The highest BCUT2D eigenvalue weighted by molar-refractivity contribution is 5.91. The lowest BCUT2D eigenvalue weighted by atomic mass is 10.1. The Morgan fingerprint density at radius 2 is 1.03 bits per heavy atom. The molecule has 1 aliphatic rings. The monoisotopic (exact) mass is 518 g/mol. The predicted octanol–water partition coefficient (Wildman–Crippen LogP) is 4.59. The summed E-state index contributed by atoms with van der Waals surface area (Å²) in [6.45, 7) is 5.47. The predicted molar refractivity (Wildman–Crippen MR) is 138 cm³/mol. The largest absolute Gasteiger partial charge is 0.459 e. The average Bonchev–Trinajstić information content (AvgIpc) is 3.24. The quantitative estimate of drug-likeness (QED) is 0.316. The molecule has 0 N–H and O–H groups in total. The number of benzene rings is 3. The van der Waals surface area contributed by atoms with E-state index in [0.29, 0.717) is 16.7 Å². The Hall–Kier alpha value is -4.01. The van der Waals surface area contributed by atoms with E-state index in [2.05, 4.69) is 0 Å². The van der Waals surface area contributed by atoms with Crippen molar-refractivity contribution in [3.8, 4) is 0 Å². The van der Waals surface area contributed by atoms with Crippen molar-refractivity contribution in [2.75, 3.05) is 13.7 Å². The number of aryl methyl sites for hydroxylation is 3. The normalized spacial score (nSPS) is 20.5. The molecule has 3 aromatic rings. The first-order valence-electron chi connectivity index (χ1n) is 12.2. The van der Waals surface area contributed by atoms with Gasteiger partial charge in [-0.05, 0) is 57.2 Å². The molecule has 0 saturated carbocycles. The van der Waals surface area contributed by atoms with E-state index < -0.39 is 42.5 Å². The standard InChI is InChI=1S/C30H30O8/c1-18-5-11-21(12-6-18)27(31)35-17-24-25(37-28(32)22-13-7-19(2)8-14-22)26(30(34-4)36-24)38-29(33)23-15-9-20(3)10-16-23/h5-16,24-26,30H,17H2,1-4H3/t24-,25-,26-,30?/m0/s1. The van der Waals surface area contributed by atoms with E-state index >= 15 is 0 Å². The van der Waals surface area contributed by atoms with Crippen LogP contribution in [0.25, 0.3) is 0 Å². The molecule has 4 rings (SSSR count). The fourth-order valence-corrected chi connectivity index (χ4v) is 3.98. The maximum atomic E-state index is 13.0. The van der Waals surface area contributed by atoms with Gasteiger partial charge in [0.2, 0.25) is 0 Å². The minimum atomic E-state index is -1.11. The van der Waals surface area contributed by atoms with Crippen LogP contribution in [0.15, 0.2) is 72.8 Å². The summed E-state index contributed by atoms with van der Waals surface area (Å²) in [6.07, 6.45) is -4.21. The number of carbonyl (C=O) groups is 3. The van der Waals surface area contributed by atoms with Gasteiger partial charge in [0.25, 0.3) is 0 Å². The second-order valence-corrected chi connectivity index (χ2v) is 9.22. The second-order valence-electron chi connectivity index (χ2n) is 9.22. The molecular weight excluding hydrogens is 488 g/mol. The van der Waals surface area contributed by atoms with Crippen molar-refractivity contribution in [3.05, 3.63) is 106 Å². The first-order valence-corrected chi connectivity index (χ1v) is 12.2. The molecule has 38 heavy (non-hydrogen) atoms. The van der Waals surface area contributed by atoms with Gasteiger partial charge in [0, 0.05) is 7.11 Å². The highest BCUT2D eigenvalue weighted by atomic mass is 16.7. The molecule has 0 amide bonds. The Kier molecular flexibility index (Phi) is 8.55. The van der Waals surface area contributed by atoms with Crippen LogP contribution in [-0.4, -0.2) is 56.2 Å². The lowest BCUT2D eigenvalue weighted by Crippen LogP contribution is -2.42. The van der Waals surface area contributed by atoms with Crippen LogP contribution in [0.5, 0.6) is 0 Å². The van der Waals surface area contributed by atoms with E-state index in [4.69, 9.17) is 23.7 Å². The van der Waals surface area contributed by atoms with E-state index in [0.717, 1.165) is 16.7 Å². The van der Waals surface area contributed by atoms with Crippen LogP contribution in [0.3, 0.4) is 0 Å². The molecule has 8 nitrogen and oxygen atoms in total. The maximum Gasteiger partial charge on any atom is 0.338 e. The molecule has 0 aliphatic carbocycles. The van der Waals surface area contributed by atoms with Crippen molar-refractivity contribution < 1.29 is 38.1 Å². The summed E-state index contributed by atoms with van der Waals surface area (Å²) in [5.74, 6) is -1.83. The highest BCUT2D eigenvalue weighted by Crippen LogP contribution is 2.29. The zero-order valence-corrected chi connectivity index (χ0v) is 21.7. The summed E-state index contributed by atoms with van der Waals surface area (Å²) >= 11 is 0. The molecule has 1 saturated heterocycles. The Bertz CT molecular complexity index is 1270. The van der Waals surface area contributed by atoms with Gasteiger partial charge in [0.05, 0.1) is 16.7 Å². The zero-order chi connectivity index (χ0) is 27.2. The van der Waals surface area contributed by atoms with Crippen LogP contribution in [0, 0.1) is 20.8 Å². The van der Waals surface area contributed by atoms with Crippen LogP contribution in [0.1, 0.15) is 47.8 Å². The molecule has 3 aromatic carbocycles. The third-order valence-corrected chi connectivity index (χ3v) is 6.23. The average molecular weight is 519 g/mol. The Labute approximate surface area is 221 Å². The van der Waals surface area contributed by atoms with Crippen molar-refractivity contribution in [1.29, 1.82) is 0 Å².